The number of hydrogen-bond donors (Lipinski definition) is 2. The molecule has 0 bridgehead atoms. The number of nitrogens with one attached hydrogen (secondary N) is 2. The molecule has 0 saturated carbocycles. The Morgan fingerprint density at radius 3 is 2.71 bits per heavy atom. The van der Waals surface area contributed by atoms with Crippen LogP contribution in [0.15, 0.2) is 67.1 Å². The van der Waals surface area contributed by atoms with E-state index in [2.05, 4.69) is 37.5 Å². The number of benzene rings is 2. The molecule has 8 heteroatoms. The molecule has 3 heterocycles. The lowest BCUT2D eigenvalue weighted by Gasteiger charge is -2.29. The molecule has 0 spiro atoms. The normalized spacial score (nSPS) is 14.8. The standard InChI is InChI=1S/C26H27ClN6O/c1-33-13-10-20(11-14-33)34-24-7-4-6-23-25(24)26(31-17-30-23)32-18-8-9-22(21(27)15-18)29-16-19-5-2-3-12-28-19/h2-9,12,15,17,20,29H,10-11,13-14,16H2,1H3,(H,30,31,32). The van der Waals surface area contributed by atoms with Crippen LogP contribution in [0.1, 0.15) is 18.5 Å². The van der Waals surface area contributed by atoms with Gasteiger partial charge in [-0.25, -0.2) is 9.97 Å². The fraction of sp³-hybridized carbons (Fsp3) is 0.269. The Bertz CT molecular complexity index is 1260. The van der Waals surface area contributed by atoms with Gasteiger partial charge in [-0.3, -0.25) is 4.98 Å². The minimum Gasteiger partial charge on any atom is -0.489 e. The van der Waals surface area contributed by atoms with Gasteiger partial charge in [0.25, 0.3) is 0 Å². The van der Waals surface area contributed by atoms with Crippen LogP contribution in [0.3, 0.4) is 0 Å². The Morgan fingerprint density at radius 2 is 1.91 bits per heavy atom. The summed E-state index contributed by atoms with van der Waals surface area (Å²) in [7, 11) is 2.15. The first-order valence-corrected chi connectivity index (χ1v) is 11.8. The summed E-state index contributed by atoms with van der Waals surface area (Å²) < 4.78 is 6.42. The molecule has 34 heavy (non-hydrogen) atoms. The molecule has 1 aliphatic rings. The van der Waals surface area contributed by atoms with Gasteiger partial charge < -0.3 is 20.3 Å². The van der Waals surface area contributed by atoms with Gasteiger partial charge in [-0.05, 0) is 62.4 Å². The van der Waals surface area contributed by atoms with Crippen LogP contribution < -0.4 is 15.4 Å². The third-order valence-electron chi connectivity index (χ3n) is 6.00. The second-order valence-corrected chi connectivity index (χ2v) is 8.89. The van der Waals surface area contributed by atoms with Gasteiger partial charge in [0, 0.05) is 25.0 Å². The first kappa shape index (κ1) is 22.4. The summed E-state index contributed by atoms with van der Waals surface area (Å²) in [4.78, 5) is 15.6. The second-order valence-electron chi connectivity index (χ2n) is 8.49. The number of nitrogens with zero attached hydrogens (tertiary/aromatic N) is 4. The average Bonchev–Trinajstić information content (AvgIpc) is 2.86. The molecule has 0 radical (unpaired) electrons. The smallest absolute Gasteiger partial charge is 0.145 e. The van der Waals surface area contributed by atoms with E-state index in [1.54, 1.807) is 12.5 Å². The highest BCUT2D eigenvalue weighted by Gasteiger charge is 2.20. The molecule has 0 unspecified atom stereocenters. The number of fused-ring (bicyclic) bond motifs is 1. The number of halogens is 1. The average molecular weight is 475 g/mol. The highest BCUT2D eigenvalue weighted by Crippen LogP contribution is 2.34. The predicted molar refractivity (Wildman–Crippen MR) is 137 cm³/mol. The van der Waals surface area contributed by atoms with E-state index in [0.717, 1.165) is 59.7 Å². The first-order valence-electron chi connectivity index (χ1n) is 11.4. The van der Waals surface area contributed by atoms with Crippen LogP contribution in [0.25, 0.3) is 10.9 Å². The van der Waals surface area contributed by atoms with Crippen molar-refractivity contribution in [3.63, 3.8) is 0 Å². The molecule has 1 aliphatic heterocycles. The van der Waals surface area contributed by atoms with E-state index >= 15 is 0 Å². The van der Waals surface area contributed by atoms with Crippen LogP contribution in [0, 0.1) is 0 Å². The molecule has 2 aromatic carbocycles. The third kappa shape index (κ3) is 5.21. The zero-order valence-corrected chi connectivity index (χ0v) is 19.8. The van der Waals surface area contributed by atoms with Gasteiger partial charge in [-0.1, -0.05) is 23.7 Å². The zero-order valence-electron chi connectivity index (χ0n) is 19.0. The van der Waals surface area contributed by atoms with E-state index in [9.17, 15) is 0 Å². The van der Waals surface area contributed by atoms with Crippen molar-refractivity contribution in [3.05, 3.63) is 77.8 Å². The summed E-state index contributed by atoms with van der Waals surface area (Å²) in [6.07, 6.45) is 5.54. The molecule has 1 fully saturated rings. The molecular weight excluding hydrogens is 448 g/mol. The fourth-order valence-corrected chi connectivity index (χ4v) is 4.36. The summed E-state index contributed by atoms with van der Waals surface area (Å²) in [6, 6.07) is 17.6. The van der Waals surface area contributed by atoms with Crippen LogP contribution >= 0.6 is 11.6 Å². The molecule has 2 N–H and O–H groups in total. The topological polar surface area (TPSA) is 75.2 Å². The Labute approximate surface area is 204 Å². The lowest BCUT2D eigenvalue weighted by Crippen LogP contribution is -2.35. The number of aromatic nitrogens is 3. The number of hydrogen-bond acceptors (Lipinski definition) is 7. The number of rotatable bonds is 7. The van der Waals surface area contributed by atoms with Gasteiger partial charge in [0.1, 0.15) is 24.0 Å². The minimum absolute atomic E-state index is 0.189. The van der Waals surface area contributed by atoms with Crippen molar-refractivity contribution in [1.82, 2.24) is 19.9 Å². The van der Waals surface area contributed by atoms with E-state index in [4.69, 9.17) is 16.3 Å². The van der Waals surface area contributed by atoms with Crippen molar-refractivity contribution in [2.75, 3.05) is 30.8 Å². The number of anilines is 3. The van der Waals surface area contributed by atoms with E-state index < -0.39 is 0 Å². The summed E-state index contributed by atoms with van der Waals surface area (Å²) >= 11 is 6.57. The molecule has 0 atom stereocenters. The third-order valence-corrected chi connectivity index (χ3v) is 6.31. The Kier molecular flexibility index (Phi) is 6.74. The molecule has 5 rings (SSSR count). The summed E-state index contributed by atoms with van der Waals surface area (Å²) in [5.74, 6) is 1.49. The van der Waals surface area contributed by atoms with Crippen molar-refractivity contribution in [3.8, 4) is 5.75 Å². The van der Waals surface area contributed by atoms with Gasteiger partial charge in [0.15, 0.2) is 0 Å². The lowest BCUT2D eigenvalue weighted by atomic mass is 10.1. The summed E-state index contributed by atoms with van der Waals surface area (Å²) in [5, 5.41) is 8.23. The van der Waals surface area contributed by atoms with Crippen molar-refractivity contribution in [2.24, 2.45) is 0 Å². The molecule has 1 saturated heterocycles. The molecule has 4 aromatic rings. The monoisotopic (exact) mass is 474 g/mol. The molecule has 7 nitrogen and oxygen atoms in total. The van der Waals surface area contributed by atoms with E-state index in [-0.39, 0.29) is 6.10 Å². The largest absolute Gasteiger partial charge is 0.489 e. The first-order chi connectivity index (χ1) is 16.7. The minimum atomic E-state index is 0.189. The maximum atomic E-state index is 6.57. The number of likely N-dealkylation sites (tertiary alicyclic amines) is 1. The van der Waals surface area contributed by atoms with Crippen LogP contribution in [0.5, 0.6) is 5.75 Å². The quantitative estimate of drug-likeness (QED) is 0.366. The number of pyridine rings is 1. The SMILES string of the molecule is CN1CCC(Oc2cccc3ncnc(Nc4ccc(NCc5ccccn5)c(Cl)c4)c23)CC1. The maximum Gasteiger partial charge on any atom is 0.145 e. The predicted octanol–water partition coefficient (Wildman–Crippen LogP) is 5.51. The van der Waals surface area contributed by atoms with Gasteiger partial charge >= 0.3 is 0 Å². The number of ether oxygens (including phenoxy) is 1. The molecule has 0 aliphatic carbocycles. The second kappa shape index (κ2) is 10.2. The summed E-state index contributed by atoms with van der Waals surface area (Å²) in [6.45, 7) is 2.67. The molecular formula is C26H27ClN6O. The molecule has 0 amide bonds. The Balaban J connectivity index is 1.35. The van der Waals surface area contributed by atoms with Gasteiger partial charge in [-0.2, -0.15) is 0 Å². The zero-order chi connectivity index (χ0) is 23.3. The van der Waals surface area contributed by atoms with Crippen LogP contribution in [-0.2, 0) is 6.54 Å². The van der Waals surface area contributed by atoms with Gasteiger partial charge in [-0.15, -0.1) is 0 Å². The van der Waals surface area contributed by atoms with Crippen LogP contribution in [-0.4, -0.2) is 46.1 Å². The van der Waals surface area contributed by atoms with Crippen molar-refractivity contribution >= 4 is 39.7 Å². The molecule has 174 valence electrons. The van der Waals surface area contributed by atoms with E-state index in [1.807, 2.05) is 54.6 Å². The Morgan fingerprint density at radius 1 is 1.03 bits per heavy atom. The van der Waals surface area contributed by atoms with Gasteiger partial charge in [0.05, 0.1) is 33.9 Å². The Hall–Kier alpha value is -3.42. The maximum absolute atomic E-state index is 6.57. The van der Waals surface area contributed by atoms with Crippen LogP contribution in [0.4, 0.5) is 17.2 Å². The van der Waals surface area contributed by atoms with Crippen molar-refractivity contribution in [1.29, 1.82) is 0 Å². The van der Waals surface area contributed by atoms with Crippen molar-refractivity contribution in [2.45, 2.75) is 25.5 Å². The summed E-state index contributed by atoms with van der Waals surface area (Å²) in [5.41, 5.74) is 3.47. The number of piperidine rings is 1. The molecule has 2 aromatic heterocycles. The van der Waals surface area contributed by atoms with E-state index in [1.165, 1.54) is 0 Å². The highest BCUT2D eigenvalue weighted by atomic mass is 35.5. The highest BCUT2D eigenvalue weighted by molar-refractivity contribution is 6.33. The fourth-order valence-electron chi connectivity index (χ4n) is 4.12. The van der Waals surface area contributed by atoms with Gasteiger partial charge in [0.2, 0.25) is 0 Å². The van der Waals surface area contributed by atoms with Crippen LogP contribution in [0.2, 0.25) is 5.02 Å². The lowest BCUT2D eigenvalue weighted by molar-refractivity contribution is 0.116. The van der Waals surface area contributed by atoms with E-state index in [0.29, 0.717) is 17.4 Å². The van der Waals surface area contributed by atoms with Crippen molar-refractivity contribution < 1.29 is 4.74 Å².